The SMILES string of the molecule is CC1Cc2ccccc2N1C(=O)c1cccc2ncccc12. The first kappa shape index (κ1) is 13.0. The van der Waals surface area contributed by atoms with Gasteiger partial charge in [0.15, 0.2) is 0 Å². The average Bonchev–Trinajstić information content (AvgIpc) is 2.89. The highest BCUT2D eigenvalue weighted by atomic mass is 16.2. The molecular formula is C19H16N2O. The van der Waals surface area contributed by atoms with Crippen molar-refractivity contribution in [3.05, 3.63) is 71.9 Å². The lowest BCUT2D eigenvalue weighted by atomic mass is 10.1. The van der Waals surface area contributed by atoms with E-state index >= 15 is 0 Å². The fourth-order valence-corrected chi connectivity index (χ4v) is 3.29. The van der Waals surface area contributed by atoms with Gasteiger partial charge in [0, 0.05) is 28.9 Å². The van der Waals surface area contributed by atoms with Crippen molar-refractivity contribution in [1.29, 1.82) is 0 Å². The van der Waals surface area contributed by atoms with Crippen molar-refractivity contribution >= 4 is 22.5 Å². The van der Waals surface area contributed by atoms with E-state index in [9.17, 15) is 4.79 Å². The molecule has 108 valence electrons. The molecule has 2 heterocycles. The molecule has 0 aliphatic carbocycles. The Balaban J connectivity index is 1.85. The Kier molecular flexibility index (Phi) is 2.93. The molecule has 22 heavy (non-hydrogen) atoms. The zero-order chi connectivity index (χ0) is 15.1. The highest BCUT2D eigenvalue weighted by molar-refractivity contribution is 6.14. The van der Waals surface area contributed by atoms with Gasteiger partial charge in [-0.3, -0.25) is 9.78 Å². The quantitative estimate of drug-likeness (QED) is 0.682. The van der Waals surface area contributed by atoms with Crippen LogP contribution in [0.25, 0.3) is 10.9 Å². The van der Waals surface area contributed by atoms with Gasteiger partial charge in [0.05, 0.1) is 5.52 Å². The molecule has 1 aromatic heterocycles. The molecule has 0 radical (unpaired) electrons. The van der Waals surface area contributed by atoms with E-state index in [4.69, 9.17) is 0 Å². The fourth-order valence-electron chi connectivity index (χ4n) is 3.29. The average molecular weight is 288 g/mol. The minimum Gasteiger partial charge on any atom is -0.305 e. The van der Waals surface area contributed by atoms with Crippen LogP contribution in [0.3, 0.4) is 0 Å². The third kappa shape index (κ3) is 1.90. The van der Waals surface area contributed by atoms with E-state index in [1.165, 1.54) is 5.56 Å². The molecular weight excluding hydrogens is 272 g/mol. The van der Waals surface area contributed by atoms with Crippen molar-refractivity contribution in [1.82, 2.24) is 4.98 Å². The van der Waals surface area contributed by atoms with Gasteiger partial charge >= 0.3 is 0 Å². The Labute approximate surface area is 129 Å². The molecule has 2 aromatic carbocycles. The maximum atomic E-state index is 13.1. The number of aromatic nitrogens is 1. The van der Waals surface area contributed by atoms with Crippen molar-refractivity contribution in [3.8, 4) is 0 Å². The third-order valence-corrected chi connectivity index (χ3v) is 4.30. The predicted octanol–water partition coefficient (Wildman–Crippen LogP) is 3.83. The summed E-state index contributed by atoms with van der Waals surface area (Å²) in [5.74, 6) is 0.0519. The van der Waals surface area contributed by atoms with Crippen molar-refractivity contribution in [2.75, 3.05) is 4.90 Å². The molecule has 0 fully saturated rings. The van der Waals surface area contributed by atoms with Crippen molar-refractivity contribution in [2.45, 2.75) is 19.4 Å². The summed E-state index contributed by atoms with van der Waals surface area (Å²) in [5, 5.41) is 0.909. The summed E-state index contributed by atoms with van der Waals surface area (Å²) < 4.78 is 0. The van der Waals surface area contributed by atoms with Crippen LogP contribution in [0.15, 0.2) is 60.8 Å². The van der Waals surface area contributed by atoms with Gasteiger partial charge in [0.25, 0.3) is 5.91 Å². The summed E-state index contributed by atoms with van der Waals surface area (Å²) in [7, 11) is 0. The summed E-state index contributed by atoms with van der Waals surface area (Å²) in [6, 6.07) is 17.9. The van der Waals surface area contributed by atoms with Gasteiger partial charge in [-0.05, 0) is 43.2 Å². The number of benzene rings is 2. The van der Waals surface area contributed by atoms with Crippen LogP contribution in [0.1, 0.15) is 22.8 Å². The summed E-state index contributed by atoms with van der Waals surface area (Å²) >= 11 is 0. The van der Waals surface area contributed by atoms with Crippen LogP contribution in [0.5, 0.6) is 0 Å². The molecule has 0 N–H and O–H groups in total. The Hall–Kier alpha value is -2.68. The highest BCUT2D eigenvalue weighted by Gasteiger charge is 2.31. The second kappa shape index (κ2) is 4.95. The number of amides is 1. The molecule has 0 saturated carbocycles. The number of anilines is 1. The van der Waals surface area contributed by atoms with Crippen LogP contribution in [-0.2, 0) is 6.42 Å². The van der Waals surface area contributed by atoms with Crippen LogP contribution in [0.2, 0.25) is 0 Å². The second-order valence-electron chi connectivity index (χ2n) is 5.73. The van der Waals surface area contributed by atoms with E-state index in [2.05, 4.69) is 18.0 Å². The molecule has 0 spiro atoms. The fraction of sp³-hybridized carbons (Fsp3) is 0.158. The lowest BCUT2D eigenvalue weighted by Gasteiger charge is -2.23. The molecule has 3 aromatic rings. The number of nitrogens with zero attached hydrogens (tertiary/aromatic N) is 2. The minimum absolute atomic E-state index is 0.0519. The number of rotatable bonds is 1. The van der Waals surface area contributed by atoms with E-state index in [-0.39, 0.29) is 11.9 Å². The van der Waals surface area contributed by atoms with E-state index in [1.807, 2.05) is 53.4 Å². The molecule has 1 aliphatic heterocycles. The normalized spacial score (nSPS) is 16.8. The van der Waals surface area contributed by atoms with Gasteiger partial charge in [0.1, 0.15) is 0 Å². The van der Waals surface area contributed by atoms with E-state index in [0.29, 0.717) is 5.56 Å². The third-order valence-electron chi connectivity index (χ3n) is 4.30. The van der Waals surface area contributed by atoms with E-state index in [1.54, 1.807) is 6.20 Å². The van der Waals surface area contributed by atoms with Gasteiger partial charge in [-0.25, -0.2) is 0 Å². The molecule has 1 atom stereocenters. The summed E-state index contributed by atoms with van der Waals surface area (Å²) in [5.41, 5.74) is 3.84. The van der Waals surface area contributed by atoms with Crippen LogP contribution < -0.4 is 4.90 Å². The molecule has 3 heteroatoms. The highest BCUT2D eigenvalue weighted by Crippen LogP contribution is 2.33. The molecule has 4 rings (SSSR count). The standard InChI is InChI=1S/C19H16N2O/c1-13-12-14-6-2-3-10-18(14)21(13)19(22)16-7-4-9-17-15(16)8-5-11-20-17/h2-11,13H,12H2,1H3. The van der Waals surface area contributed by atoms with Crippen molar-refractivity contribution in [2.24, 2.45) is 0 Å². The predicted molar refractivity (Wildman–Crippen MR) is 88.2 cm³/mol. The van der Waals surface area contributed by atoms with Crippen LogP contribution >= 0.6 is 0 Å². The number of pyridine rings is 1. The molecule has 1 aliphatic rings. The Morgan fingerprint density at radius 1 is 1.09 bits per heavy atom. The topological polar surface area (TPSA) is 33.2 Å². The van der Waals surface area contributed by atoms with Gasteiger partial charge < -0.3 is 4.90 Å². The monoisotopic (exact) mass is 288 g/mol. The Morgan fingerprint density at radius 2 is 1.95 bits per heavy atom. The maximum Gasteiger partial charge on any atom is 0.259 e. The summed E-state index contributed by atoms with van der Waals surface area (Å²) in [4.78, 5) is 19.4. The summed E-state index contributed by atoms with van der Waals surface area (Å²) in [6.07, 6.45) is 2.66. The van der Waals surface area contributed by atoms with Crippen molar-refractivity contribution < 1.29 is 4.79 Å². The minimum atomic E-state index is 0.0519. The number of hydrogen-bond acceptors (Lipinski definition) is 2. The van der Waals surface area contributed by atoms with Gasteiger partial charge in [-0.2, -0.15) is 0 Å². The molecule has 1 amide bonds. The lowest BCUT2D eigenvalue weighted by molar-refractivity contribution is 0.0983. The van der Waals surface area contributed by atoms with Gasteiger partial charge in [0.2, 0.25) is 0 Å². The first-order chi connectivity index (χ1) is 10.8. The maximum absolute atomic E-state index is 13.1. The largest absolute Gasteiger partial charge is 0.305 e. The number of carbonyl (C=O) groups is 1. The zero-order valence-corrected chi connectivity index (χ0v) is 12.4. The number of hydrogen-bond donors (Lipinski definition) is 0. The van der Waals surface area contributed by atoms with Crippen LogP contribution in [0, 0.1) is 0 Å². The van der Waals surface area contributed by atoms with Gasteiger partial charge in [-0.1, -0.05) is 30.3 Å². The summed E-state index contributed by atoms with van der Waals surface area (Å²) in [6.45, 7) is 2.10. The Bertz CT molecular complexity index is 867. The first-order valence-corrected chi connectivity index (χ1v) is 7.51. The van der Waals surface area contributed by atoms with Crippen LogP contribution in [0.4, 0.5) is 5.69 Å². The Morgan fingerprint density at radius 3 is 2.86 bits per heavy atom. The zero-order valence-electron chi connectivity index (χ0n) is 12.4. The van der Waals surface area contributed by atoms with E-state index in [0.717, 1.165) is 23.0 Å². The van der Waals surface area contributed by atoms with Crippen LogP contribution in [-0.4, -0.2) is 16.9 Å². The smallest absolute Gasteiger partial charge is 0.259 e. The number of fused-ring (bicyclic) bond motifs is 2. The number of para-hydroxylation sites is 1. The lowest BCUT2D eigenvalue weighted by Crippen LogP contribution is -2.35. The van der Waals surface area contributed by atoms with Crippen molar-refractivity contribution in [3.63, 3.8) is 0 Å². The number of carbonyl (C=O) groups excluding carboxylic acids is 1. The second-order valence-corrected chi connectivity index (χ2v) is 5.73. The molecule has 3 nitrogen and oxygen atoms in total. The van der Waals surface area contributed by atoms with E-state index < -0.39 is 0 Å². The molecule has 0 saturated heterocycles. The first-order valence-electron chi connectivity index (χ1n) is 7.51. The molecule has 1 unspecified atom stereocenters. The molecule has 0 bridgehead atoms. The van der Waals surface area contributed by atoms with Gasteiger partial charge in [-0.15, -0.1) is 0 Å².